The first kappa shape index (κ1) is 19.2. The molecule has 0 saturated carbocycles. The molecule has 7 heteroatoms. The zero-order valence-corrected chi connectivity index (χ0v) is 15.9. The molecule has 0 spiro atoms. The highest BCUT2D eigenvalue weighted by atomic mass is 16.3. The zero-order chi connectivity index (χ0) is 20.4. The summed E-state index contributed by atoms with van der Waals surface area (Å²) in [6, 6.07) is 12.1. The van der Waals surface area contributed by atoms with E-state index in [1.807, 2.05) is 31.2 Å². The molecule has 3 aromatic rings. The second kappa shape index (κ2) is 7.56. The largest absolute Gasteiger partial charge is 0.505 e. The summed E-state index contributed by atoms with van der Waals surface area (Å²) in [6.07, 6.45) is 0.897. The normalized spacial score (nSPS) is 10.7. The predicted octanol–water partition coefficient (Wildman–Crippen LogP) is 2.74. The fourth-order valence-corrected chi connectivity index (χ4v) is 2.79. The third kappa shape index (κ3) is 3.46. The first-order valence-corrected chi connectivity index (χ1v) is 8.83. The molecule has 0 bridgehead atoms. The van der Waals surface area contributed by atoms with Crippen LogP contribution in [0.1, 0.15) is 22.8 Å². The van der Waals surface area contributed by atoms with E-state index in [1.165, 1.54) is 17.0 Å². The number of carbonyl (C=O) groups excluding carboxylic acids is 1. The predicted molar refractivity (Wildman–Crippen MR) is 110 cm³/mol. The Labute approximate surface area is 161 Å². The Morgan fingerprint density at radius 2 is 1.57 bits per heavy atom. The molecule has 0 aliphatic rings. The van der Waals surface area contributed by atoms with Gasteiger partial charge in [-0.25, -0.2) is 0 Å². The number of aryl methyl sites for hydroxylation is 1. The zero-order valence-electron chi connectivity index (χ0n) is 15.9. The third-order valence-electron chi connectivity index (χ3n) is 4.47. The van der Waals surface area contributed by atoms with Crippen LogP contribution in [0.5, 0.6) is 5.75 Å². The third-order valence-corrected chi connectivity index (χ3v) is 4.47. The van der Waals surface area contributed by atoms with Crippen molar-refractivity contribution in [3.8, 4) is 5.75 Å². The van der Waals surface area contributed by atoms with E-state index in [4.69, 9.17) is 0 Å². The van der Waals surface area contributed by atoms with E-state index in [2.05, 4.69) is 10.6 Å². The Balaban J connectivity index is 1.89. The molecule has 28 heavy (non-hydrogen) atoms. The summed E-state index contributed by atoms with van der Waals surface area (Å²) in [7, 11) is 3.15. The average Bonchev–Trinajstić information content (AvgIpc) is 2.71. The highest BCUT2D eigenvalue weighted by molar-refractivity contribution is 5.99. The van der Waals surface area contributed by atoms with Crippen molar-refractivity contribution in [1.29, 1.82) is 0 Å². The standard InChI is InChI=1S/C21H21N3O4/c1-4-12-8-10-13(11-9-12)22-16-17(20(27)19(16)26)23-15-7-5-6-14(18(15)25)21(28)24(2)3/h5-11,22-23,25H,4H2,1-3H3. The molecule has 3 rings (SSSR count). The molecule has 0 saturated heterocycles. The molecule has 0 unspecified atom stereocenters. The van der Waals surface area contributed by atoms with Crippen molar-refractivity contribution in [3.63, 3.8) is 0 Å². The van der Waals surface area contributed by atoms with Crippen LogP contribution in [-0.2, 0) is 6.42 Å². The fraction of sp³-hybridized carbons (Fsp3) is 0.190. The van der Waals surface area contributed by atoms with Crippen LogP contribution in [0.25, 0.3) is 0 Å². The van der Waals surface area contributed by atoms with Crippen LogP contribution in [-0.4, -0.2) is 30.0 Å². The van der Waals surface area contributed by atoms with Gasteiger partial charge in [-0.3, -0.25) is 14.4 Å². The molecule has 144 valence electrons. The molecular formula is C21H21N3O4. The smallest absolute Gasteiger partial charge is 0.257 e. The van der Waals surface area contributed by atoms with Gasteiger partial charge < -0.3 is 20.6 Å². The number of phenolic OH excluding ortho intramolecular Hbond substituents is 1. The second-order valence-electron chi connectivity index (χ2n) is 6.61. The van der Waals surface area contributed by atoms with Gasteiger partial charge in [0.05, 0.1) is 11.3 Å². The minimum atomic E-state index is -0.684. The lowest BCUT2D eigenvalue weighted by Crippen LogP contribution is -2.35. The number of phenols is 1. The van der Waals surface area contributed by atoms with Gasteiger partial charge in [-0.15, -0.1) is 0 Å². The number of anilines is 4. The average molecular weight is 379 g/mol. The highest BCUT2D eigenvalue weighted by Crippen LogP contribution is 2.32. The van der Waals surface area contributed by atoms with Crippen molar-refractivity contribution in [3.05, 3.63) is 74.0 Å². The van der Waals surface area contributed by atoms with Crippen LogP contribution in [0.4, 0.5) is 22.7 Å². The first-order chi connectivity index (χ1) is 13.3. The maximum absolute atomic E-state index is 12.2. The summed E-state index contributed by atoms with van der Waals surface area (Å²) < 4.78 is 0. The molecule has 0 radical (unpaired) electrons. The molecule has 0 heterocycles. The number of benzene rings is 2. The van der Waals surface area contributed by atoms with Crippen molar-refractivity contribution >= 4 is 28.7 Å². The lowest BCUT2D eigenvalue weighted by atomic mass is 10.1. The lowest BCUT2D eigenvalue weighted by molar-refractivity contribution is 0.0824. The maximum Gasteiger partial charge on any atom is 0.257 e. The summed E-state index contributed by atoms with van der Waals surface area (Å²) >= 11 is 0. The van der Waals surface area contributed by atoms with E-state index >= 15 is 0 Å². The summed E-state index contributed by atoms with van der Waals surface area (Å²) in [5, 5.41) is 16.1. The monoisotopic (exact) mass is 379 g/mol. The number of carbonyl (C=O) groups is 1. The van der Waals surface area contributed by atoms with Gasteiger partial charge in [0.1, 0.15) is 11.4 Å². The lowest BCUT2D eigenvalue weighted by Gasteiger charge is -2.17. The van der Waals surface area contributed by atoms with Crippen LogP contribution in [0.15, 0.2) is 52.1 Å². The van der Waals surface area contributed by atoms with Gasteiger partial charge >= 0.3 is 0 Å². The van der Waals surface area contributed by atoms with E-state index < -0.39 is 10.9 Å². The van der Waals surface area contributed by atoms with E-state index in [1.54, 1.807) is 20.2 Å². The van der Waals surface area contributed by atoms with E-state index in [0.29, 0.717) is 5.69 Å². The molecule has 0 fully saturated rings. The summed E-state index contributed by atoms with van der Waals surface area (Å²) in [4.78, 5) is 37.5. The van der Waals surface area contributed by atoms with Crippen molar-refractivity contribution < 1.29 is 9.90 Å². The van der Waals surface area contributed by atoms with Crippen LogP contribution in [0, 0.1) is 0 Å². The molecular weight excluding hydrogens is 358 g/mol. The number of amides is 1. The Hall–Kier alpha value is -3.61. The number of hydrogen-bond acceptors (Lipinski definition) is 6. The van der Waals surface area contributed by atoms with Crippen molar-refractivity contribution in [2.45, 2.75) is 13.3 Å². The number of hydrogen-bond donors (Lipinski definition) is 3. The number of nitrogens with one attached hydrogen (secondary N) is 2. The second-order valence-corrected chi connectivity index (χ2v) is 6.61. The molecule has 3 N–H and O–H groups in total. The minimum Gasteiger partial charge on any atom is -0.505 e. The van der Waals surface area contributed by atoms with Crippen LogP contribution < -0.4 is 21.5 Å². The van der Waals surface area contributed by atoms with Gasteiger partial charge in [-0.2, -0.15) is 0 Å². The summed E-state index contributed by atoms with van der Waals surface area (Å²) in [6.45, 7) is 2.04. The van der Waals surface area contributed by atoms with E-state index in [0.717, 1.165) is 12.0 Å². The molecule has 7 nitrogen and oxygen atoms in total. The number of nitrogens with zero attached hydrogens (tertiary/aromatic N) is 1. The topological polar surface area (TPSA) is 98.7 Å². The quantitative estimate of drug-likeness (QED) is 0.450. The van der Waals surface area contributed by atoms with Crippen LogP contribution in [0.3, 0.4) is 0 Å². The van der Waals surface area contributed by atoms with Gasteiger partial charge in [0.2, 0.25) is 0 Å². The molecule has 0 aliphatic heterocycles. The van der Waals surface area contributed by atoms with Gasteiger partial charge in [-0.1, -0.05) is 25.1 Å². The SMILES string of the molecule is CCc1ccc(Nc2c(Nc3cccc(C(=O)N(C)C)c3O)c(=O)c2=O)cc1. The van der Waals surface area contributed by atoms with E-state index in [9.17, 15) is 19.5 Å². The van der Waals surface area contributed by atoms with Gasteiger partial charge in [0.25, 0.3) is 16.8 Å². The van der Waals surface area contributed by atoms with Crippen LogP contribution in [0.2, 0.25) is 0 Å². The van der Waals surface area contributed by atoms with Gasteiger partial charge in [0.15, 0.2) is 5.75 Å². The maximum atomic E-state index is 12.2. The molecule has 3 aromatic carbocycles. The Bertz CT molecular complexity index is 1090. The van der Waals surface area contributed by atoms with Crippen molar-refractivity contribution in [2.75, 3.05) is 24.7 Å². The Morgan fingerprint density at radius 3 is 2.14 bits per heavy atom. The van der Waals surface area contributed by atoms with Crippen molar-refractivity contribution in [2.24, 2.45) is 0 Å². The Kier molecular flexibility index (Phi) is 5.17. The molecule has 0 aliphatic carbocycles. The molecule has 0 aromatic heterocycles. The van der Waals surface area contributed by atoms with E-state index in [-0.39, 0.29) is 34.3 Å². The molecule has 1 amide bonds. The summed E-state index contributed by atoms with van der Waals surface area (Å²) in [5.41, 5.74) is 0.947. The fourth-order valence-electron chi connectivity index (χ4n) is 2.79. The van der Waals surface area contributed by atoms with Crippen LogP contribution >= 0.6 is 0 Å². The number of aromatic hydroxyl groups is 1. The summed E-state index contributed by atoms with van der Waals surface area (Å²) in [5.74, 6) is -0.659. The number of rotatable bonds is 6. The first-order valence-electron chi connectivity index (χ1n) is 8.83. The molecule has 0 atom stereocenters. The number of para-hydroxylation sites is 1. The Morgan fingerprint density at radius 1 is 0.964 bits per heavy atom. The van der Waals surface area contributed by atoms with Crippen molar-refractivity contribution in [1.82, 2.24) is 4.90 Å². The van der Waals surface area contributed by atoms with Gasteiger partial charge in [-0.05, 0) is 36.2 Å². The van der Waals surface area contributed by atoms with Gasteiger partial charge in [0, 0.05) is 19.8 Å². The minimum absolute atomic E-state index is 0.0503. The highest BCUT2D eigenvalue weighted by Gasteiger charge is 2.23.